The van der Waals surface area contributed by atoms with Crippen molar-refractivity contribution in [2.75, 3.05) is 13.2 Å². The number of carboxylic acids is 1. The predicted octanol–water partition coefficient (Wildman–Crippen LogP) is 9.42. The standard InChI is InChI=1S/C49H74O11/c1-3-5-7-9-11-13-15-17-19-20-21-22-24-25-27-29-31-33-35-37-42(50)57-39-41(40-58-49-46(54)44(52)45(53)47(60-49)48(55)56)59-43(51)38-36-34-32-30-28-26-23-18-16-14-12-10-8-6-4-2/h5-8,11-14,17-19,21-23,25,27,31,33,41,44-47,49,52-54H,3-4,9-10,15-16,20,24,26,28-30,32,34-40H2,1-2H3,(H,55,56)/b7-5-,8-6-,13-11-,14-12-,19-17-,22-21-,23-18-,27-25-,33-31-. The van der Waals surface area contributed by atoms with Crippen molar-refractivity contribution in [2.24, 2.45) is 0 Å². The van der Waals surface area contributed by atoms with E-state index in [2.05, 4.69) is 111 Å². The Bertz CT molecular complexity index is 1400. The lowest BCUT2D eigenvalue weighted by atomic mass is 9.99. The number of ether oxygens (including phenoxy) is 4. The van der Waals surface area contributed by atoms with Crippen molar-refractivity contribution in [3.05, 3.63) is 109 Å². The van der Waals surface area contributed by atoms with E-state index in [9.17, 15) is 34.8 Å². The number of esters is 2. The molecule has 11 heteroatoms. The van der Waals surface area contributed by atoms with Gasteiger partial charge in [0.15, 0.2) is 18.5 Å². The second-order valence-corrected chi connectivity index (χ2v) is 14.4. The van der Waals surface area contributed by atoms with E-state index in [-0.39, 0.29) is 19.4 Å². The Morgan fingerprint density at radius 2 is 0.967 bits per heavy atom. The van der Waals surface area contributed by atoms with Crippen LogP contribution in [0.4, 0.5) is 0 Å². The van der Waals surface area contributed by atoms with Gasteiger partial charge in [0.2, 0.25) is 0 Å². The maximum absolute atomic E-state index is 12.8. The molecular formula is C49H74O11. The van der Waals surface area contributed by atoms with Gasteiger partial charge in [0.1, 0.15) is 24.9 Å². The van der Waals surface area contributed by atoms with Crippen molar-refractivity contribution in [2.45, 2.75) is 166 Å². The number of rotatable bonds is 34. The normalized spacial score (nSPS) is 20.9. The molecule has 6 unspecified atom stereocenters. The van der Waals surface area contributed by atoms with E-state index >= 15 is 0 Å². The van der Waals surface area contributed by atoms with Gasteiger partial charge in [-0.3, -0.25) is 9.59 Å². The minimum absolute atomic E-state index is 0.0995. The number of unbranched alkanes of at least 4 members (excludes halogenated alkanes) is 5. The topological polar surface area (TPSA) is 169 Å². The minimum atomic E-state index is -1.88. The van der Waals surface area contributed by atoms with Crippen LogP contribution in [0, 0.1) is 0 Å². The zero-order valence-corrected chi connectivity index (χ0v) is 36.1. The molecular weight excluding hydrogens is 765 g/mol. The molecule has 0 aliphatic carbocycles. The van der Waals surface area contributed by atoms with Gasteiger partial charge in [-0.15, -0.1) is 0 Å². The molecule has 1 aliphatic rings. The molecule has 60 heavy (non-hydrogen) atoms. The molecule has 4 N–H and O–H groups in total. The number of carbonyl (C=O) groups is 3. The summed E-state index contributed by atoms with van der Waals surface area (Å²) in [6, 6.07) is 0. The Labute approximate surface area is 359 Å². The second kappa shape index (κ2) is 37.8. The third kappa shape index (κ3) is 29.2. The van der Waals surface area contributed by atoms with Crippen LogP contribution >= 0.6 is 0 Å². The van der Waals surface area contributed by atoms with Crippen LogP contribution in [-0.4, -0.2) is 88.4 Å². The summed E-state index contributed by atoms with van der Waals surface area (Å²) in [4.78, 5) is 36.8. The fraction of sp³-hybridized carbons (Fsp3) is 0.571. The summed E-state index contributed by atoms with van der Waals surface area (Å²) in [6.45, 7) is 3.48. The van der Waals surface area contributed by atoms with Crippen LogP contribution in [0.5, 0.6) is 0 Å². The number of allylic oxidation sites excluding steroid dienone is 18. The van der Waals surface area contributed by atoms with Crippen LogP contribution in [-0.2, 0) is 33.3 Å². The quantitative estimate of drug-likeness (QED) is 0.0277. The van der Waals surface area contributed by atoms with Crippen molar-refractivity contribution < 1.29 is 53.8 Å². The summed E-state index contributed by atoms with van der Waals surface area (Å²) >= 11 is 0. The van der Waals surface area contributed by atoms with Gasteiger partial charge in [-0.25, -0.2) is 4.79 Å². The first-order chi connectivity index (χ1) is 29.2. The summed E-state index contributed by atoms with van der Waals surface area (Å²) in [5.41, 5.74) is 0. The smallest absolute Gasteiger partial charge is 0.335 e. The average molecular weight is 839 g/mol. The number of aliphatic carboxylic acids is 1. The van der Waals surface area contributed by atoms with Crippen molar-refractivity contribution in [3.8, 4) is 0 Å². The van der Waals surface area contributed by atoms with E-state index in [1.165, 1.54) is 0 Å². The van der Waals surface area contributed by atoms with Crippen molar-refractivity contribution in [1.82, 2.24) is 0 Å². The molecule has 0 spiro atoms. The summed E-state index contributed by atoms with van der Waals surface area (Å²) in [6.07, 6.45) is 42.9. The zero-order chi connectivity index (χ0) is 43.9. The molecule has 0 aromatic rings. The van der Waals surface area contributed by atoms with E-state index in [0.717, 1.165) is 89.9 Å². The lowest BCUT2D eigenvalue weighted by Gasteiger charge is -2.38. The molecule has 1 fully saturated rings. The maximum Gasteiger partial charge on any atom is 0.335 e. The Morgan fingerprint density at radius 1 is 0.517 bits per heavy atom. The number of hydrogen-bond acceptors (Lipinski definition) is 10. The zero-order valence-electron chi connectivity index (χ0n) is 36.1. The highest BCUT2D eigenvalue weighted by molar-refractivity contribution is 5.73. The molecule has 1 rings (SSSR count). The Kier molecular flexibility index (Phi) is 34.0. The largest absolute Gasteiger partial charge is 0.479 e. The summed E-state index contributed by atoms with van der Waals surface area (Å²) in [7, 11) is 0. The van der Waals surface area contributed by atoms with Crippen LogP contribution in [0.1, 0.15) is 129 Å². The number of carboxylic acid groups (broad SMARTS) is 1. The molecule has 0 radical (unpaired) electrons. The summed E-state index contributed by atoms with van der Waals surface area (Å²) in [5.74, 6) is -2.59. The summed E-state index contributed by atoms with van der Waals surface area (Å²) < 4.78 is 21.6. The maximum atomic E-state index is 12.8. The van der Waals surface area contributed by atoms with Crippen molar-refractivity contribution in [1.29, 1.82) is 0 Å². The highest BCUT2D eigenvalue weighted by Gasteiger charge is 2.47. The first-order valence-electron chi connectivity index (χ1n) is 21.9. The van der Waals surface area contributed by atoms with E-state index in [1.807, 2.05) is 12.2 Å². The Morgan fingerprint density at radius 3 is 1.47 bits per heavy atom. The molecule has 0 aromatic carbocycles. The molecule has 0 saturated carbocycles. The third-order valence-electron chi connectivity index (χ3n) is 9.13. The van der Waals surface area contributed by atoms with E-state index in [4.69, 9.17) is 18.9 Å². The Balaban J connectivity index is 2.46. The Hall–Kier alpha value is -4.13. The second-order valence-electron chi connectivity index (χ2n) is 14.4. The molecule has 11 nitrogen and oxygen atoms in total. The van der Waals surface area contributed by atoms with Crippen LogP contribution < -0.4 is 0 Å². The number of hydrogen-bond donors (Lipinski definition) is 4. The lowest BCUT2D eigenvalue weighted by Crippen LogP contribution is -2.60. The van der Waals surface area contributed by atoms with Gasteiger partial charge in [0.25, 0.3) is 0 Å². The van der Waals surface area contributed by atoms with Gasteiger partial charge in [-0.05, 0) is 83.5 Å². The van der Waals surface area contributed by atoms with E-state index in [1.54, 1.807) is 0 Å². The fourth-order valence-electron chi connectivity index (χ4n) is 5.74. The molecule has 336 valence electrons. The molecule has 6 atom stereocenters. The molecule has 0 amide bonds. The van der Waals surface area contributed by atoms with Crippen LogP contribution in [0.3, 0.4) is 0 Å². The highest BCUT2D eigenvalue weighted by atomic mass is 16.7. The van der Waals surface area contributed by atoms with E-state index < -0.39 is 61.3 Å². The predicted molar refractivity (Wildman–Crippen MR) is 238 cm³/mol. The van der Waals surface area contributed by atoms with E-state index in [0.29, 0.717) is 12.8 Å². The molecule has 0 aromatic heterocycles. The monoisotopic (exact) mass is 839 g/mol. The first-order valence-corrected chi connectivity index (χ1v) is 21.9. The molecule has 1 saturated heterocycles. The first kappa shape index (κ1) is 53.9. The van der Waals surface area contributed by atoms with Crippen LogP contribution in [0.25, 0.3) is 0 Å². The molecule has 1 aliphatic heterocycles. The van der Waals surface area contributed by atoms with Gasteiger partial charge >= 0.3 is 17.9 Å². The van der Waals surface area contributed by atoms with Gasteiger partial charge in [-0.1, -0.05) is 142 Å². The third-order valence-corrected chi connectivity index (χ3v) is 9.13. The summed E-state index contributed by atoms with van der Waals surface area (Å²) in [5, 5.41) is 39.8. The number of carbonyl (C=O) groups excluding carboxylic acids is 2. The van der Waals surface area contributed by atoms with Crippen molar-refractivity contribution >= 4 is 17.9 Å². The van der Waals surface area contributed by atoms with Gasteiger partial charge in [0, 0.05) is 12.8 Å². The average Bonchev–Trinajstić information content (AvgIpc) is 3.23. The van der Waals surface area contributed by atoms with Gasteiger partial charge in [-0.2, -0.15) is 0 Å². The van der Waals surface area contributed by atoms with Crippen LogP contribution in [0.2, 0.25) is 0 Å². The fourth-order valence-corrected chi connectivity index (χ4v) is 5.74. The highest BCUT2D eigenvalue weighted by Crippen LogP contribution is 2.23. The van der Waals surface area contributed by atoms with Crippen LogP contribution in [0.15, 0.2) is 109 Å². The lowest BCUT2D eigenvalue weighted by molar-refractivity contribution is -0.298. The van der Waals surface area contributed by atoms with Gasteiger partial charge in [0.05, 0.1) is 6.61 Å². The number of aliphatic hydroxyl groups excluding tert-OH is 3. The molecule has 0 bridgehead atoms. The van der Waals surface area contributed by atoms with Gasteiger partial charge < -0.3 is 39.4 Å². The van der Waals surface area contributed by atoms with Crippen molar-refractivity contribution in [3.63, 3.8) is 0 Å². The minimum Gasteiger partial charge on any atom is -0.479 e. The SMILES string of the molecule is CC/C=C\C/C=C\C/C=C\C/C=C\C/C=C\C/C=C\CCC(=O)OCC(COC1OC(C(=O)O)C(O)C(O)C1O)OC(=O)CCCCCCC/C=C\C/C=C\C/C=C\CC. The molecule has 1 heterocycles. The number of aliphatic hydroxyl groups is 3.